The number of para-hydroxylation sites is 1. The molecule has 3 nitrogen and oxygen atoms in total. The first kappa shape index (κ1) is 12.7. The molecule has 0 spiro atoms. The monoisotopic (exact) mass is 246 g/mol. The SMILES string of the molecule is C=Cc1ccccc1OC(=O)OC1CCCCC1. The molecule has 1 aliphatic carbocycles. The zero-order chi connectivity index (χ0) is 12.8. The zero-order valence-corrected chi connectivity index (χ0v) is 10.4. The lowest BCUT2D eigenvalue weighted by molar-refractivity contribution is 0.0416. The van der Waals surface area contributed by atoms with E-state index >= 15 is 0 Å². The molecule has 0 aromatic heterocycles. The largest absolute Gasteiger partial charge is 0.514 e. The first-order valence-electron chi connectivity index (χ1n) is 6.39. The van der Waals surface area contributed by atoms with E-state index in [0.29, 0.717) is 5.75 Å². The predicted octanol–water partition coefficient (Wildman–Crippen LogP) is 4.18. The Labute approximate surface area is 107 Å². The summed E-state index contributed by atoms with van der Waals surface area (Å²) in [4.78, 5) is 11.7. The predicted molar refractivity (Wildman–Crippen MR) is 70.5 cm³/mol. The molecule has 2 rings (SSSR count). The highest BCUT2D eigenvalue weighted by molar-refractivity contribution is 5.67. The number of carbonyl (C=O) groups is 1. The Kier molecular flexibility index (Phi) is 4.40. The van der Waals surface area contributed by atoms with Crippen molar-refractivity contribution < 1.29 is 14.3 Å². The van der Waals surface area contributed by atoms with Crippen LogP contribution in [-0.4, -0.2) is 12.3 Å². The van der Waals surface area contributed by atoms with Crippen LogP contribution in [0.15, 0.2) is 30.8 Å². The third-order valence-corrected chi connectivity index (χ3v) is 3.15. The Hall–Kier alpha value is -1.77. The molecule has 0 saturated heterocycles. The van der Waals surface area contributed by atoms with Gasteiger partial charge in [-0.2, -0.15) is 0 Å². The Balaban J connectivity index is 1.92. The van der Waals surface area contributed by atoms with Gasteiger partial charge in [-0.3, -0.25) is 0 Å². The molecule has 0 heterocycles. The van der Waals surface area contributed by atoms with Crippen LogP contribution in [0.4, 0.5) is 4.79 Å². The maximum atomic E-state index is 11.7. The topological polar surface area (TPSA) is 35.5 Å². The lowest BCUT2D eigenvalue weighted by atomic mass is 9.98. The summed E-state index contributed by atoms with van der Waals surface area (Å²) >= 11 is 0. The van der Waals surface area contributed by atoms with Crippen LogP contribution in [0.1, 0.15) is 37.7 Å². The maximum absolute atomic E-state index is 11.7. The molecular formula is C15H18O3. The second kappa shape index (κ2) is 6.24. The molecule has 0 bridgehead atoms. The fourth-order valence-electron chi connectivity index (χ4n) is 2.18. The van der Waals surface area contributed by atoms with E-state index in [0.717, 1.165) is 31.2 Å². The summed E-state index contributed by atoms with van der Waals surface area (Å²) in [5.74, 6) is 0.494. The minimum absolute atomic E-state index is 0.0159. The van der Waals surface area contributed by atoms with Gasteiger partial charge in [-0.05, 0) is 31.7 Å². The van der Waals surface area contributed by atoms with Crippen molar-refractivity contribution in [1.82, 2.24) is 0 Å². The third-order valence-electron chi connectivity index (χ3n) is 3.15. The van der Waals surface area contributed by atoms with Crippen LogP contribution >= 0.6 is 0 Å². The summed E-state index contributed by atoms with van der Waals surface area (Å²) in [6.07, 6.45) is 6.43. The number of hydrogen-bond acceptors (Lipinski definition) is 3. The van der Waals surface area contributed by atoms with E-state index in [1.807, 2.05) is 18.2 Å². The van der Waals surface area contributed by atoms with Crippen molar-refractivity contribution in [3.63, 3.8) is 0 Å². The lowest BCUT2D eigenvalue weighted by Gasteiger charge is -2.21. The van der Waals surface area contributed by atoms with Crippen LogP contribution in [0.5, 0.6) is 5.75 Å². The van der Waals surface area contributed by atoms with Crippen LogP contribution in [0.3, 0.4) is 0 Å². The molecule has 96 valence electrons. The first-order chi connectivity index (χ1) is 8.79. The summed E-state index contributed by atoms with van der Waals surface area (Å²) in [7, 11) is 0. The number of benzene rings is 1. The average Bonchev–Trinajstić information content (AvgIpc) is 2.40. The van der Waals surface area contributed by atoms with E-state index in [9.17, 15) is 4.79 Å². The molecule has 3 heteroatoms. The Morgan fingerprint density at radius 2 is 1.94 bits per heavy atom. The van der Waals surface area contributed by atoms with E-state index in [1.54, 1.807) is 12.1 Å². The number of ether oxygens (including phenoxy) is 2. The quantitative estimate of drug-likeness (QED) is 0.593. The summed E-state index contributed by atoms with van der Waals surface area (Å²) in [6, 6.07) is 7.27. The van der Waals surface area contributed by atoms with Crippen LogP contribution in [-0.2, 0) is 4.74 Å². The van der Waals surface area contributed by atoms with Gasteiger partial charge in [0.15, 0.2) is 0 Å². The standard InChI is InChI=1S/C15H18O3/c1-2-12-8-6-7-11-14(12)18-15(16)17-13-9-4-3-5-10-13/h2,6-8,11,13H,1,3-5,9-10H2. The average molecular weight is 246 g/mol. The minimum Gasteiger partial charge on any atom is -0.431 e. The van der Waals surface area contributed by atoms with E-state index in [1.165, 1.54) is 6.42 Å². The minimum atomic E-state index is -0.615. The van der Waals surface area contributed by atoms with Gasteiger partial charge in [-0.25, -0.2) is 4.79 Å². The van der Waals surface area contributed by atoms with Crippen LogP contribution in [0.2, 0.25) is 0 Å². The molecule has 0 amide bonds. The fraction of sp³-hybridized carbons (Fsp3) is 0.400. The van der Waals surface area contributed by atoms with E-state index in [4.69, 9.17) is 9.47 Å². The van der Waals surface area contributed by atoms with Crippen molar-refractivity contribution in [2.75, 3.05) is 0 Å². The highest BCUT2D eigenvalue weighted by Crippen LogP contribution is 2.23. The third kappa shape index (κ3) is 3.36. The normalized spacial score (nSPS) is 16.0. The lowest BCUT2D eigenvalue weighted by Crippen LogP contribution is -2.23. The van der Waals surface area contributed by atoms with Gasteiger partial charge in [-0.1, -0.05) is 37.3 Å². The van der Waals surface area contributed by atoms with Crippen LogP contribution in [0, 0.1) is 0 Å². The highest BCUT2D eigenvalue weighted by Gasteiger charge is 2.19. The molecule has 1 aromatic carbocycles. The maximum Gasteiger partial charge on any atom is 0.514 e. The molecule has 0 unspecified atom stereocenters. The number of rotatable bonds is 3. The van der Waals surface area contributed by atoms with Crippen molar-refractivity contribution in [1.29, 1.82) is 0 Å². The van der Waals surface area contributed by atoms with Crippen molar-refractivity contribution in [2.45, 2.75) is 38.2 Å². The number of hydrogen-bond donors (Lipinski definition) is 0. The van der Waals surface area contributed by atoms with Crippen molar-refractivity contribution in [3.8, 4) is 5.75 Å². The molecule has 0 aliphatic heterocycles. The van der Waals surface area contributed by atoms with E-state index in [2.05, 4.69) is 6.58 Å². The summed E-state index contributed by atoms with van der Waals surface area (Å²) < 4.78 is 10.5. The molecule has 1 saturated carbocycles. The van der Waals surface area contributed by atoms with Gasteiger partial charge < -0.3 is 9.47 Å². The molecule has 1 aliphatic rings. The smallest absolute Gasteiger partial charge is 0.431 e. The van der Waals surface area contributed by atoms with E-state index in [-0.39, 0.29) is 6.10 Å². The second-order valence-corrected chi connectivity index (χ2v) is 4.47. The molecule has 18 heavy (non-hydrogen) atoms. The number of carbonyl (C=O) groups excluding carboxylic acids is 1. The molecule has 1 fully saturated rings. The Bertz CT molecular complexity index is 420. The highest BCUT2D eigenvalue weighted by atomic mass is 16.7. The summed E-state index contributed by atoms with van der Waals surface area (Å²) in [5.41, 5.74) is 0.790. The van der Waals surface area contributed by atoms with Gasteiger partial charge >= 0.3 is 6.16 Å². The van der Waals surface area contributed by atoms with Gasteiger partial charge in [0.1, 0.15) is 11.9 Å². The summed E-state index contributed by atoms with van der Waals surface area (Å²) in [5, 5.41) is 0. The van der Waals surface area contributed by atoms with Crippen molar-refractivity contribution in [3.05, 3.63) is 36.4 Å². The zero-order valence-electron chi connectivity index (χ0n) is 10.4. The van der Waals surface area contributed by atoms with Gasteiger partial charge in [0.05, 0.1) is 0 Å². The van der Waals surface area contributed by atoms with Crippen molar-refractivity contribution in [2.24, 2.45) is 0 Å². The van der Waals surface area contributed by atoms with Gasteiger partial charge in [0.25, 0.3) is 0 Å². The molecule has 0 atom stereocenters. The van der Waals surface area contributed by atoms with Gasteiger partial charge in [0.2, 0.25) is 0 Å². The Morgan fingerprint density at radius 3 is 2.67 bits per heavy atom. The first-order valence-corrected chi connectivity index (χ1v) is 6.39. The van der Waals surface area contributed by atoms with E-state index < -0.39 is 6.16 Å². The Morgan fingerprint density at radius 1 is 1.22 bits per heavy atom. The van der Waals surface area contributed by atoms with Crippen LogP contribution < -0.4 is 4.74 Å². The van der Waals surface area contributed by atoms with Crippen molar-refractivity contribution >= 4 is 12.2 Å². The van der Waals surface area contributed by atoms with Crippen LogP contribution in [0.25, 0.3) is 6.08 Å². The summed E-state index contributed by atoms with van der Waals surface area (Å²) in [6.45, 7) is 3.68. The molecular weight excluding hydrogens is 228 g/mol. The molecule has 0 radical (unpaired) electrons. The van der Waals surface area contributed by atoms with Gasteiger partial charge in [0, 0.05) is 5.56 Å². The second-order valence-electron chi connectivity index (χ2n) is 4.47. The fourth-order valence-corrected chi connectivity index (χ4v) is 2.18. The molecule has 1 aromatic rings. The molecule has 0 N–H and O–H groups in total. The van der Waals surface area contributed by atoms with Gasteiger partial charge in [-0.15, -0.1) is 0 Å².